The Balaban J connectivity index is 1.67. The Labute approximate surface area is 140 Å². The molecule has 1 unspecified atom stereocenters. The van der Waals surface area contributed by atoms with Gasteiger partial charge in [0, 0.05) is 5.69 Å². The minimum Gasteiger partial charge on any atom is -0.492 e. The fraction of sp³-hybridized carbons (Fsp3) is 0.263. The van der Waals surface area contributed by atoms with Crippen molar-refractivity contribution in [2.75, 3.05) is 18.5 Å². The number of hydrogen-bond donors (Lipinski definition) is 1. The molecule has 3 rings (SSSR count). The summed E-state index contributed by atoms with van der Waals surface area (Å²) in [5, 5.41) is 2.85. The van der Waals surface area contributed by atoms with Crippen LogP contribution in [0.15, 0.2) is 48.5 Å². The zero-order chi connectivity index (χ0) is 16.9. The highest BCUT2D eigenvalue weighted by Crippen LogP contribution is 2.27. The van der Waals surface area contributed by atoms with Crippen molar-refractivity contribution in [2.45, 2.75) is 13.3 Å². The van der Waals surface area contributed by atoms with Crippen LogP contribution in [-0.2, 0) is 16.0 Å². The van der Waals surface area contributed by atoms with Gasteiger partial charge in [0.25, 0.3) is 0 Å². The molecule has 1 heterocycles. The molecule has 0 radical (unpaired) electrons. The second kappa shape index (κ2) is 7.17. The number of anilines is 1. The lowest BCUT2D eigenvalue weighted by atomic mass is 9.96. The van der Waals surface area contributed by atoms with E-state index in [0.29, 0.717) is 30.9 Å². The highest BCUT2D eigenvalue weighted by atomic mass is 16.5. The second-order valence-electron chi connectivity index (χ2n) is 5.61. The van der Waals surface area contributed by atoms with Crippen LogP contribution in [0.5, 0.6) is 5.75 Å². The van der Waals surface area contributed by atoms with Gasteiger partial charge in [-0.05, 0) is 43.2 Å². The molecule has 0 saturated carbocycles. The van der Waals surface area contributed by atoms with E-state index in [1.54, 1.807) is 31.2 Å². The molecule has 0 saturated heterocycles. The standard InChI is InChI=1S/C19H19NO4/c1-2-23-19(22)14-7-5-8-16(11-14)20-18(21)15-10-13-6-3-4-9-17(13)24-12-15/h3-9,11,15H,2,10,12H2,1H3,(H,20,21). The number of carbonyl (C=O) groups excluding carboxylic acids is 2. The van der Waals surface area contributed by atoms with Gasteiger partial charge in [0.2, 0.25) is 5.91 Å². The zero-order valence-corrected chi connectivity index (χ0v) is 13.5. The Morgan fingerprint density at radius 1 is 1.21 bits per heavy atom. The van der Waals surface area contributed by atoms with Crippen molar-refractivity contribution in [3.8, 4) is 5.75 Å². The molecule has 1 atom stereocenters. The third-order valence-electron chi connectivity index (χ3n) is 3.89. The number of benzene rings is 2. The fourth-order valence-corrected chi connectivity index (χ4v) is 2.68. The summed E-state index contributed by atoms with van der Waals surface area (Å²) in [6, 6.07) is 14.5. The van der Waals surface area contributed by atoms with Crippen LogP contribution in [0.3, 0.4) is 0 Å². The van der Waals surface area contributed by atoms with Crippen LogP contribution in [0.1, 0.15) is 22.8 Å². The normalized spacial score (nSPS) is 15.8. The van der Waals surface area contributed by atoms with Gasteiger partial charge >= 0.3 is 5.97 Å². The summed E-state index contributed by atoms with van der Waals surface area (Å²) in [5.74, 6) is 0.0612. The summed E-state index contributed by atoms with van der Waals surface area (Å²) in [7, 11) is 0. The third-order valence-corrected chi connectivity index (χ3v) is 3.89. The molecule has 2 aromatic carbocycles. The first-order valence-electron chi connectivity index (χ1n) is 7.96. The van der Waals surface area contributed by atoms with Gasteiger partial charge in [-0.3, -0.25) is 4.79 Å². The molecule has 0 aromatic heterocycles. The Morgan fingerprint density at radius 3 is 2.88 bits per heavy atom. The molecule has 1 amide bonds. The third kappa shape index (κ3) is 3.56. The molecule has 1 aliphatic rings. The van der Waals surface area contributed by atoms with E-state index in [9.17, 15) is 9.59 Å². The number of fused-ring (bicyclic) bond motifs is 1. The van der Waals surface area contributed by atoms with Crippen molar-refractivity contribution in [1.82, 2.24) is 0 Å². The van der Waals surface area contributed by atoms with Crippen molar-refractivity contribution in [2.24, 2.45) is 5.92 Å². The summed E-state index contributed by atoms with van der Waals surface area (Å²) < 4.78 is 10.6. The van der Waals surface area contributed by atoms with E-state index >= 15 is 0 Å². The number of ether oxygens (including phenoxy) is 2. The van der Waals surface area contributed by atoms with Gasteiger partial charge in [-0.2, -0.15) is 0 Å². The minimum atomic E-state index is -0.400. The van der Waals surface area contributed by atoms with E-state index in [4.69, 9.17) is 9.47 Å². The topological polar surface area (TPSA) is 64.6 Å². The first-order chi connectivity index (χ1) is 11.7. The molecule has 124 valence electrons. The number of amides is 1. The first kappa shape index (κ1) is 16.1. The SMILES string of the molecule is CCOC(=O)c1cccc(NC(=O)C2COc3ccccc3C2)c1. The quantitative estimate of drug-likeness (QED) is 0.878. The Kier molecular flexibility index (Phi) is 4.79. The van der Waals surface area contributed by atoms with Crippen LogP contribution in [0.25, 0.3) is 0 Å². The maximum absolute atomic E-state index is 12.5. The highest BCUT2D eigenvalue weighted by Gasteiger charge is 2.25. The van der Waals surface area contributed by atoms with Gasteiger partial charge in [0.15, 0.2) is 0 Å². The smallest absolute Gasteiger partial charge is 0.338 e. The summed E-state index contributed by atoms with van der Waals surface area (Å²) in [5.41, 5.74) is 2.02. The van der Waals surface area contributed by atoms with E-state index in [1.165, 1.54) is 0 Å². The predicted molar refractivity (Wildman–Crippen MR) is 90.2 cm³/mol. The molecular formula is C19H19NO4. The number of rotatable bonds is 4. The summed E-state index contributed by atoms with van der Waals surface area (Å²) in [6.07, 6.45) is 0.638. The van der Waals surface area contributed by atoms with Crippen molar-refractivity contribution in [3.05, 3.63) is 59.7 Å². The highest BCUT2D eigenvalue weighted by molar-refractivity contribution is 5.95. The molecule has 5 nitrogen and oxygen atoms in total. The van der Waals surface area contributed by atoms with Crippen LogP contribution in [0.4, 0.5) is 5.69 Å². The number of hydrogen-bond acceptors (Lipinski definition) is 4. The fourth-order valence-electron chi connectivity index (χ4n) is 2.68. The maximum Gasteiger partial charge on any atom is 0.338 e. The van der Waals surface area contributed by atoms with Crippen molar-refractivity contribution in [1.29, 1.82) is 0 Å². The molecule has 24 heavy (non-hydrogen) atoms. The number of para-hydroxylation sites is 1. The van der Waals surface area contributed by atoms with Crippen LogP contribution >= 0.6 is 0 Å². The van der Waals surface area contributed by atoms with E-state index in [1.807, 2.05) is 24.3 Å². The molecule has 2 aromatic rings. The van der Waals surface area contributed by atoms with Gasteiger partial charge in [-0.1, -0.05) is 24.3 Å². The summed E-state index contributed by atoms with van der Waals surface area (Å²) in [4.78, 5) is 24.2. The van der Waals surface area contributed by atoms with Crippen LogP contribution < -0.4 is 10.1 Å². The molecular weight excluding hydrogens is 306 g/mol. The molecule has 0 bridgehead atoms. The second-order valence-corrected chi connectivity index (χ2v) is 5.61. The number of carbonyl (C=O) groups is 2. The molecule has 0 spiro atoms. The van der Waals surface area contributed by atoms with Crippen LogP contribution in [0.2, 0.25) is 0 Å². The van der Waals surface area contributed by atoms with Crippen molar-refractivity contribution < 1.29 is 19.1 Å². The minimum absolute atomic E-state index is 0.120. The lowest BCUT2D eigenvalue weighted by molar-refractivity contribution is -0.121. The first-order valence-corrected chi connectivity index (χ1v) is 7.96. The Bertz CT molecular complexity index is 757. The van der Waals surface area contributed by atoms with E-state index in [2.05, 4.69) is 5.32 Å². The molecule has 0 fully saturated rings. The maximum atomic E-state index is 12.5. The van der Waals surface area contributed by atoms with Gasteiger partial charge in [0.05, 0.1) is 18.1 Å². The van der Waals surface area contributed by atoms with Gasteiger partial charge < -0.3 is 14.8 Å². The van der Waals surface area contributed by atoms with Gasteiger partial charge in [-0.25, -0.2) is 4.79 Å². The average Bonchev–Trinajstić information content (AvgIpc) is 2.61. The predicted octanol–water partition coefficient (Wildman–Crippen LogP) is 3.05. The lowest BCUT2D eigenvalue weighted by Crippen LogP contribution is -2.32. The lowest BCUT2D eigenvalue weighted by Gasteiger charge is -2.24. The summed E-state index contributed by atoms with van der Waals surface area (Å²) in [6.45, 7) is 2.42. The Morgan fingerprint density at radius 2 is 2.04 bits per heavy atom. The Hall–Kier alpha value is -2.82. The van der Waals surface area contributed by atoms with E-state index < -0.39 is 5.97 Å². The van der Waals surface area contributed by atoms with Crippen molar-refractivity contribution in [3.63, 3.8) is 0 Å². The summed E-state index contributed by atoms with van der Waals surface area (Å²) >= 11 is 0. The van der Waals surface area contributed by atoms with E-state index in [0.717, 1.165) is 11.3 Å². The average molecular weight is 325 g/mol. The molecule has 5 heteroatoms. The molecule has 0 aliphatic carbocycles. The van der Waals surface area contributed by atoms with Crippen molar-refractivity contribution >= 4 is 17.6 Å². The largest absolute Gasteiger partial charge is 0.492 e. The van der Waals surface area contributed by atoms with Crippen LogP contribution in [0, 0.1) is 5.92 Å². The zero-order valence-electron chi connectivity index (χ0n) is 13.5. The van der Waals surface area contributed by atoms with Crippen LogP contribution in [-0.4, -0.2) is 25.1 Å². The molecule has 1 aliphatic heterocycles. The number of nitrogens with one attached hydrogen (secondary N) is 1. The van der Waals surface area contributed by atoms with Gasteiger partial charge in [0.1, 0.15) is 12.4 Å². The molecule has 1 N–H and O–H groups in total. The van der Waals surface area contributed by atoms with Gasteiger partial charge in [-0.15, -0.1) is 0 Å². The van der Waals surface area contributed by atoms with E-state index in [-0.39, 0.29) is 11.8 Å². The monoisotopic (exact) mass is 325 g/mol. The number of esters is 1.